The summed E-state index contributed by atoms with van der Waals surface area (Å²) < 4.78 is 10.3. The van der Waals surface area contributed by atoms with E-state index in [1.807, 2.05) is 31.3 Å². The van der Waals surface area contributed by atoms with Crippen LogP contribution in [0.2, 0.25) is 0 Å². The maximum Gasteiger partial charge on any atom is 0.227 e. The van der Waals surface area contributed by atoms with Crippen LogP contribution in [0.4, 0.5) is 0 Å². The highest BCUT2D eigenvalue weighted by Gasteiger charge is 2.13. The Morgan fingerprint density at radius 3 is 2.67 bits per heavy atom. The first-order valence-electron chi connectivity index (χ1n) is 7.49. The van der Waals surface area contributed by atoms with Gasteiger partial charge in [0, 0.05) is 38.5 Å². The van der Waals surface area contributed by atoms with Crippen LogP contribution in [0.3, 0.4) is 0 Å². The number of nitrogens with one attached hydrogen (secondary N) is 1. The number of likely N-dealkylation sites (N-methyl/N-ethyl adjacent to an activating group) is 2. The van der Waals surface area contributed by atoms with Crippen LogP contribution in [0.5, 0.6) is 5.75 Å². The smallest absolute Gasteiger partial charge is 0.227 e. The van der Waals surface area contributed by atoms with E-state index in [-0.39, 0.29) is 18.3 Å². The first-order valence-corrected chi connectivity index (χ1v) is 7.49. The molecule has 1 aromatic carbocycles. The minimum absolute atomic E-state index is 0. The minimum Gasteiger partial charge on any atom is -0.497 e. The Morgan fingerprint density at radius 2 is 2.04 bits per heavy atom. The number of aryl methyl sites for hydroxylation is 1. The van der Waals surface area contributed by atoms with Gasteiger partial charge in [-0.15, -0.1) is 12.4 Å². The number of carbonyl (C=O) groups is 1. The number of hydrogen-bond donors (Lipinski definition) is 1. The summed E-state index contributed by atoms with van der Waals surface area (Å²) >= 11 is 0. The summed E-state index contributed by atoms with van der Waals surface area (Å²) in [5.41, 5.74) is 0.846. The van der Waals surface area contributed by atoms with E-state index in [4.69, 9.17) is 9.26 Å². The molecule has 24 heavy (non-hydrogen) atoms. The molecule has 7 nitrogen and oxygen atoms in total. The predicted octanol–water partition coefficient (Wildman–Crippen LogP) is 1.78. The number of methoxy groups -OCH3 is 1. The summed E-state index contributed by atoms with van der Waals surface area (Å²) in [5, 5.41) is 6.97. The Balaban J connectivity index is 0.00000288. The van der Waals surface area contributed by atoms with Crippen LogP contribution in [0.15, 0.2) is 28.8 Å². The largest absolute Gasteiger partial charge is 0.497 e. The molecule has 0 saturated heterocycles. The zero-order valence-corrected chi connectivity index (χ0v) is 14.9. The lowest BCUT2D eigenvalue weighted by Gasteiger charge is -2.16. The van der Waals surface area contributed by atoms with Gasteiger partial charge in [0.1, 0.15) is 5.75 Å². The van der Waals surface area contributed by atoms with Gasteiger partial charge in [0.15, 0.2) is 0 Å². The third-order valence-electron chi connectivity index (χ3n) is 3.49. The fourth-order valence-electron chi connectivity index (χ4n) is 2.02. The maximum absolute atomic E-state index is 12.0. The quantitative estimate of drug-likeness (QED) is 0.778. The molecule has 1 heterocycles. The highest BCUT2D eigenvalue weighted by atomic mass is 35.5. The molecule has 132 valence electrons. The number of nitrogens with zero attached hydrogens (tertiary/aromatic N) is 3. The second-order valence-corrected chi connectivity index (χ2v) is 5.16. The number of benzene rings is 1. The number of ether oxygens (including phenoxy) is 1. The molecule has 0 saturated carbocycles. The fraction of sp³-hybridized carbons (Fsp3) is 0.438. The minimum atomic E-state index is 0. The first-order chi connectivity index (χ1) is 11.1. The average Bonchev–Trinajstić information content (AvgIpc) is 3.06. The lowest BCUT2D eigenvalue weighted by Crippen LogP contribution is -2.32. The van der Waals surface area contributed by atoms with Crippen molar-refractivity contribution >= 4 is 18.3 Å². The molecule has 0 bridgehead atoms. The average molecular weight is 355 g/mol. The second kappa shape index (κ2) is 9.89. The van der Waals surface area contributed by atoms with Crippen molar-refractivity contribution in [2.75, 3.05) is 34.3 Å². The van der Waals surface area contributed by atoms with E-state index in [1.54, 1.807) is 19.1 Å². The van der Waals surface area contributed by atoms with Crippen molar-refractivity contribution in [1.82, 2.24) is 20.4 Å². The molecule has 2 rings (SSSR count). The maximum atomic E-state index is 12.0. The van der Waals surface area contributed by atoms with Crippen LogP contribution in [0.1, 0.15) is 12.3 Å². The number of halogens is 1. The summed E-state index contributed by atoms with van der Waals surface area (Å²) in [5.74, 6) is 1.81. The van der Waals surface area contributed by atoms with E-state index >= 15 is 0 Å². The summed E-state index contributed by atoms with van der Waals surface area (Å²) in [4.78, 5) is 18.0. The van der Waals surface area contributed by atoms with Crippen LogP contribution in [-0.4, -0.2) is 55.2 Å². The molecule has 0 radical (unpaired) electrons. The van der Waals surface area contributed by atoms with Crippen molar-refractivity contribution in [3.8, 4) is 17.1 Å². The van der Waals surface area contributed by atoms with Crippen molar-refractivity contribution in [2.24, 2.45) is 0 Å². The van der Waals surface area contributed by atoms with E-state index in [1.165, 1.54) is 0 Å². The number of carbonyl (C=O) groups excluding carboxylic acids is 1. The number of rotatable bonds is 8. The van der Waals surface area contributed by atoms with Gasteiger partial charge in [-0.3, -0.25) is 4.79 Å². The van der Waals surface area contributed by atoms with Crippen molar-refractivity contribution in [2.45, 2.75) is 12.8 Å². The molecule has 0 unspecified atom stereocenters. The predicted molar refractivity (Wildman–Crippen MR) is 93.4 cm³/mol. The van der Waals surface area contributed by atoms with Crippen LogP contribution in [-0.2, 0) is 11.2 Å². The molecule has 8 heteroatoms. The van der Waals surface area contributed by atoms with Gasteiger partial charge < -0.3 is 19.5 Å². The molecular weight excluding hydrogens is 332 g/mol. The second-order valence-electron chi connectivity index (χ2n) is 5.16. The molecule has 0 spiro atoms. The molecule has 1 N–H and O–H groups in total. The molecule has 0 fully saturated rings. The van der Waals surface area contributed by atoms with E-state index in [0.717, 1.165) is 17.9 Å². The Bertz CT molecular complexity index is 631. The first kappa shape index (κ1) is 19.9. The zero-order chi connectivity index (χ0) is 16.7. The van der Waals surface area contributed by atoms with Crippen molar-refractivity contribution in [3.63, 3.8) is 0 Å². The number of aromatic nitrogens is 2. The Kier molecular flexibility index (Phi) is 8.21. The van der Waals surface area contributed by atoms with Crippen molar-refractivity contribution in [1.29, 1.82) is 0 Å². The van der Waals surface area contributed by atoms with Gasteiger partial charge in [-0.1, -0.05) is 5.16 Å². The monoisotopic (exact) mass is 354 g/mol. The SMILES string of the molecule is CNCCN(C)C(=O)CCc1nc(-c2ccc(OC)cc2)no1.Cl. The highest BCUT2D eigenvalue weighted by molar-refractivity contribution is 5.85. The van der Waals surface area contributed by atoms with Crippen LogP contribution in [0.25, 0.3) is 11.4 Å². The lowest BCUT2D eigenvalue weighted by atomic mass is 10.2. The van der Waals surface area contributed by atoms with Gasteiger partial charge in [-0.25, -0.2) is 0 Å². The molecule has 1 aromatic heterocycles. The van der Waals surface area contributed by atoms with E-state index in [2.05, 4.69) is 15.5 Å². The fourth-order valence-corrected chi connectivity index (χ4v) is 2.02. The summed E-state index contributed by atoms with van der Waals surface area (Å²) in [7, 11) is 5.26. The molecule has 1 amide bonds. The van der Waals surface area contributed by atoms with Gasteiger partial charge in [0.05, 0.1) is 7.11 Å². The van der Waals surface area contributed by atoms with Gasteiger partial charge >= 0.3 is 0 Å². The van der Waals surface area contributed by atoms with Gasteiger partial charge in [0.2, 0.25) is 17.6 Å². The molecule has 2 aromatic rings. The summed E-state index contributed by atoms with van der Waals surface area (Å²) in [6.07, 6.45) is 0.788. The van der Waals surface area contributed by atoms with Gasteiger partial charge in [0.25, 0.3) is 0 Å². The molecular formula is C16H23ClN4O3. The Hall–Kier alpha value is -2.12. The molecule has 0 atom stereocenters. The van der Waals surface area contributed by atoms with Crippen LogP contribution < -0.4 is 10.1 Å². The molecule has 0 aliphatic carbocycles. The summed E-state index contributed by atoms with van der Waals surface area (Å²) in [6.45, 7) is 1.45. The van der Waals surface area contributed by atoms with Crippen LogP contribution in [0, 0.1) is 0 Å². The third-order valence-corrected chi connectivity index (χ3v) is 3.49. The Morgan fingerprint density at radius 1 is 1.33 bits per heavy atom. The van der Waals surface area contributed by atoms with Crippen LogP contribution >= 0.6 is 12.4 Å². The standard InChI is InChI=1S/C16H22N4O3.ClH/c1-17-10-11-20(2)15(21)9-8-14-18-16(19-23-14)12-4-6-13(22-3)7-5-12;/h4-7,17H,8-11H2,1-3H3;1H. The number of hydrogen-bond acceptors (Lipinski definition) is 6. The zero-order valence-electron chi connectivity index (χ0n) is 14.1. The number of amides is 1. The molecule has 0 aliphatic rings. The van der Waals surface area contributed by atoms with E-state index in [0.29, 0.717) is 31.1 Å². The third kappa shape index (κ3) is 5.50. The highest BCUT2D eigenvalue weighted by Crippen LogP contribution is 2.20. The van der Waals surface area contributed by atoms with E-state index < -0.39 is 0 Å². The van der Waals surface area contributed by atoms with Gasteiger partial charge in [-0.2, -0.15) is 4.98 Å². The normalized spacial score (nSPS) is 10.1. The topological polar surface area (TPSA) is 80.5 Å². The molecule has 0 aliphatic heterocycles. The Labute approximate surface area is 147 Å². The lowest BCUT2D eigenvalue weighted by molar-refractivity contribution is -0.129. The van der Waals surface area contributed by atoms with Crippen molar-refractivity contribution in [3.05, 3.63) is 30.2 Å². The van der Waals surface area contributed by atoms with E-state index in [9.17, 15) is 4.79 Å². The summed E-state index contributed by atoms with van der Waals surface area (Å²) in [6, 6.07) is 7.41. The van der Waals surface area contributed by atoms with Crippen molar-refractivity contribution < 1.29 is 14.1 Å². The van der Waals surface area contributed by atoms with Gasteiger partial charge in [-0.05, 0) is 31.3 Å².